The van der Waals surface area contributed by atoms with Crippen molar-refractivity contribution < 1.29 is 19.4 Å². The number of nitrogens with one attached hydrogen (secondary N) is 1. The number of aliphatic carboxylic acids is 1. The maximum Gasteiger partial charge on any atom is 0.308 e. The van der Waals surface area contributed by atoms with Gasteiger partial charge in [-0.2, -0.15) is 0 Å². The van der Waals surface area contributed by atoms with E-state index in [2.05, 4.69) is 5.32 Å². The van der Waals surface area contributed by atoms with Crippen molar-refractivity contribution in [1.82, 2.24) is 5.32 Å². The van der Waals surface area contributed by atoms with Crippen LogP contribution in [0.15, 0.2) is 0 Å². The average Bonchev–Trinajstić information content (AvgIpc) is 2.28. The SMILES string of the molecule is CCCOCCC(=O)NCC(CC(C)(C)C)C(=O)O. The summed E-state index contributed by atoms with van der Waals surface area (Å²) in [6, 6.07) is 0. The quantitative estimate of drug-likeness (QED) is 0.630. The van der Waals surface area contributed by atoms with Crippen molar-refractivity contribution in [2.45, 2.75) is 47.0 Å². The summed E-state index contributed by atoms with van der Waals surface area (Å²) < 4.78 is 5.21. The molecule has 0 rings (SSSR count). The van der Waals surface area contributed by atoms with E-state index in [1.165, 1.54) is 0 Å². The standard InChI is InChI=1S/C14H27NO4/c1-5-7-19-8-6-12(16)15-10-11(13(17)18)9-14(2,3)4/h11H,5-10H2,1-4H3,(H,15,16)(H,17,18). The first kappa shape index (κ1) is 17.9. The van der Waals surface area contributed by atoms with Gasteiger partial charge in [0.25, 0.3) is 0 Å². The molecule has 1 unspecified atom stereocenters. The maximum atomic E-state index is 11.5. The Balaban J connectivity index is 3.98. The lowest BCUT2D eigenvalue weighted by molar-refractivity contribution is -0.142. The smallest absolute Gasteiger partial charge is 0.308 e. The van der Waals surface area contributed by atoms with Crippen molar-refractivity contribution in [3.8, 4) is 0 Å². The number of carboxylic acid groups (broad SMARTS) is 1. The number of hydrogen-bond acceptors (Lipinski definition) is 3. The Labute approximate surface area is 115 Å². The molecule has 0 aliphatic rings. The zero-order valence-electron chi connectivity index (χ0n) is 12.5. The van der Waals surface area contributed by atoms with Crippen LogP contribution in [-0.2, 0) is 14.3 Å². The molecule has 112 valence electrons. The Bertz CT molecular complexity index is 284. The minimum absolute atomic E-state index is 0.0714. The molecule has 0 aromatic carbocycles. The van der Waals surface area contributed by atoms with E-state index < -0.39 is 11.9 Å². The fourth-order valence-electron chi connectivity index (χ4n) is 1.72. The lowest BCUT2D eigenvalue weighted by Gasteiger charge is -2.23. The molecule has 0 saturated carbocycles. The van der Waals surface area contributed by atoms with Crippen molar-refractivity contribution in [3.05, 3.63) is 0 Å². The third-order valence-electron chi connectivity index (χ3n) is 2.58. The molecule has 0 aliphatic heterocycles. The van der Waals surface area contributed by atoms with Crippen molar-refractivity contribution in [1.29, 1.82) is 0 Å². The second-order valence-electron chi connectivity index (χ2n) is 5.97. The van der Waals surface area contributed by atoms with Gasteiger partial charge < -0.3 is 15.2 Å². The third kappa shape index (κ3) is 10.5. The Morgan fingerprint density at radius 2 is 1.89 bits per heavy atom. The Hall–Kier alpha value is -1.10. The molecule has 1 atom stereocenters. The molecule has 0 radical (unpaired) electrons. The van der Waals surface area contributed by atoms with Gasteiger partial charge in [0.2, 0.25) is 5.91 Å². The first-order chi connectivity index (χ1) is 8.76. The molecule has 0 heterocycles. The van der Waals surface area contributed by atoms with Gasteiger partial charge in [-0.25, -0.2) is 0 Å². The zero-order valence-corrected chi connectivity index (χ0v) is 12.5. The first-order valence-electron chi connectivity index (χ1n) is 6.83. The molecule has 0 fully saturated rings. The highest BCUT2D eigenvalue weighted by molar-refractivity contribution is 5.77. The molecule has 0 bridgehead atoms. The summed E-state index contributed by atoms with van der Waals surface area (Å²) in [6.45, 7) is 9.19. The summed E-state index contributed by atoms with van der Waals surface area (Å²) in [4.78, 5) is 22.6. The van der Waals surface area contributed by atoms with E-state index in [0.717, 1.165) is 6.42 Å². The van der Waals surface area contributed by atoms with Gasteiger partial charge in [0, 0.05) is 19.6 Å². The normalized spacial score (nSPS) is 13.1. The van der Waals surface area contributed by atoms with Crippen LogP contribution in [0, 0.1) is 11.3 Å². The first-order valence-corrected chi connectivity index (χ1v) is 6.83. The minimum atomic E-state index is -0.863. The van der Waals surface area contributed by atoms with Crippen LogP contribution in [-0.4, -0.2) is 36.7 Å². The van der Waals surface area contributed by atoms with E-state index in [0.29, 0.717) is 19.6 Å². The lowest BCUT2D eigenvalue weighted by Crippen LogP contribution is -2.35. The fraction of sp³-hybridized carbons (Fsp3) is 0.857. The zero-order chi connectivity index (χ0) is 14.9. The summed E-state index contributed by atoms with van der Waals surface area (Å²) in [6.07, 6.45) is 1.74. The van der Waals surface area contributed by atoms with Gasteiger partial charge >= 0.3 is 5.97 Å². The molecule has 0 spiro atoms. The van der Waals surface area contributed by atoms with Crippen LogP contribution in [0.4, 0.5) is 0 Å². The van der Waals surface area contributed by atoms with Gasteiger partial charge in [0.15, 0.2) is 0 Å². The summed E-state index contributed by atoms with van der Waals surface area (Å²) in [5.41, 5.74) is -0.0714. The number of carbonyl (C=O) groups excluding carboxylic acids is 1. The topological polar surface area (TPSA) is 75.6 Å². The highest BCUT2D eigenvalue weighted by atomic mass is 16.5. The van der Waals surface area contributed by atoms with Crippen LogP contribution in [0.3, 0.4) is 0 Å². The van der Waals surface area contributed by atoms with Gasteiger partial charge in [0.1, 0.15) is 0 Å². The van der Waals surface area contributed by atoms with Crippen LogP contribution in [0.25, 0.3) is 0 Å². The summed E-state index contributed by atoms with van der Waals surface area (Å²) in [5.74, 6) is -1.56. The van der Waals surface area contributed by atoms with Gasteiger partial charge in [0.05, 0.1) is 12.5 Å². The van der Waals surface area contributed by atoms with Crippen LogP contribution in [0.5, 0.6) is 0 Å². The van der Waals surface area contributed by atoms with Gasteiger partial charge in [-0.15, -0.1) is 0 Å². The molecule has 1 amide bonds. The highest BCUT2D eigenvalue weighted by Crippen LogP contribution is 2.24. The predicted octanol–water partition coefficient (Wildman–Crippen LogP) is 2.06. The van der Waals surface area contributed by atoms with E-state index in [-0.39, 0.29) is 24.3 Å². The van der Waals surface area contributed by atoms with Crippen LogP contribution < -0.4 is 5.32 Å². The molecular formula is C14H27NO4. The largest absolute Gasteiger partial charge is 0.481 e. The number of rotatable bonds is 9. The minimum Gasteiger partial charge on any atom is -0.481 e. The molecule has 19 heavy (non-hydrogen) atoms. The molecule has 2 N–H and O–H groups in total. The molecule has 0 aromatic heterocycles. The van der Waals surface area contributed by atoms with Crippen LogP contribution >= 0.6 is 0 Å². The van der Waals surface area contributed by atoms with E-state index in [1.54, 1.807) is 0 Å². The van der Waals surface area contributed by atoms with E-state index >= 15 is 0 Å². The summed E-state index contributed by atoms with van der Waals surface area (Å²) >= 11 is 0. The molecule has 5 nitrogen and oxygen atoms in total. The average molecular weight is 273 g/mol. The second-order valence-corrected chi connectivity index (χ2v) is 5.97. The molecular weight excluding hydrogens is 246 g/mol. The number of amides is 1. The van der Waals surface area contributed by atoms with Crippen molar-refractivity contribution in [3.63, 3.8) is 0 Å². The number of carbonyl (C=O) groups is 2. The highest BCUT2D eigenvalue weighted by Gasteiger charge is 2.24. The Morgan fingerprint density at radius 3 is 2.37 bits per heavy atom. The second kappa shape index (κ2) is 8.91. The molecule has 0 aromatic rings. The molecule has 5 heteroatoms. The number of hydrogen-bond donors (Lipinski definition) is 2. The van der Waals surface area contributed by atoms with E-state index in [4.69, 9.17) is 9.84 Å². The third-order valence-corrected chi connectivity index (χ3v) is 2.58. The van der Waals surface area contributed by atoms with Crippen LogP contribution in [0.2, 0.25) is 0 Å². The number of ether oxygens (including phenoxy) is 1. The summed E-state index contributed by atoms with van der Waals surface area (Å²) in [5, 5.41) is 11.8. The maximum absolute atomic E-state index is 11.5. The van der Waals surface area contributed by atoms with Gasteiger partial charge in [-0.3, -0.25) is 9.59 Å². The Kier molecular flexibility index (Phi) is 8.39. The molecule has 0 saturated heterocycles. The van der Waals surface area contributed by atoms with Crippen molar-refractivity contribution >= 4 is 11.9 Å². The van der Waals surface area contributed by atoms with E-state index in [1.807, 2.05) is 27.7 Å². The van der Waals surface area contributed by atoms with Gasteiger partial charge in [-0.05, 0) is 18.3 Å². The fourth-order valence-corrected chi connectivity index (χ4v) is 1.72. The summed E-state index contributed by atoms with van der Waals surface area (Å²) in [7, 11) is 0. The van der Waals surface area contributed by atoms with Crippen molar-refractivity contribution in [2.24, 2.45) is 11.3 Å². The number of carboxylic acids is 1. The molecule has 0 aliphatic carbocycles. The monoisotopic (exact) mass is 273 g/mol. The Morgan fingerprint density at radius 1 is 1.26 bits per heavy atom. The van der Waals surface area contributed by atoms with Gasteiger partial charge in [-0.1, -0.05) is 27.7 Å². The van der Waals surface area contributed by atoms with Crippen LogP contribution in [0.1, 0.15) is 47.0 Å². The van der Waals surface area contributed by atoms with E-state index in [9.17, 15) is 9.59 Å². The van der Waals surface area contributed by atoms with Crippen molar-refractivity contribution in [2.75, 3.05) is 19.8 Å². The predicted molar refractivity (Wildman–Crippen MR) is 73.9 cm³/mol. The lowest BCUT2D eigenvalue weighted by atomic mass is 9.84.